The molecule has 1 atom stereocenters. The Balaban J connectivity index is -0.00000512. The first-order valence-corrected chi connectivity index (χ1v) is 14.4. The van der Waals surface area contributed by atoms with Crippen molar-refractivity contribution < 1.29 is 63.0 Å². The van der Waals surface area contributed by atoms with Crippen LogP contribution in [0.3, 0.4) is 0 Å². The van der Waals surface area contributed by atoms with Gasteiger partial charge in [-0.3, -0.25) is 14.1 Å². The smallest absolute Gasteiger partial charge is 1.00 e. The Morgan fingerprint density at radius 1 is 0.706 bits per heavy atom. The third kappa shape index (κ3) is 17.3. The largest absolute Gasteiger partial charge is 1.00 e. The summed E-state index contributed by atoms with van der Waals surface area (Å²) in [6.45, 7) is 5.59. The SMILES string of the molecule is CCCCCCCCCCOC(=O)CC(C)(C(=O)OCCCCCCCCCC)S(=O)(=O)O.[H-].[Na+]. The van der Waals surface area contributed by atoms with Gasteiger partial charge in [0.15, 0.2) is 0 Å². The van der Waals surface area contributed by atoms with E-state index in [1.54, 1.807) is 0 Å². The number of carbonyl (C=O) groups excluding carboxylic acids is 2. The normalized spacial score (nSPS) is 13.1. The summed E-state index contributed by atoms with van der Waals surface area (Å²) in [6, 6.07) is 0. The summed E-state index contributed by atoms with van der Waals surface area (Å²) in [5.41, 5.74) is 0. The van der Waals surface area contributed by atoms with Gasteiger partial charge in [-0.15, -0.1) is 0 Å². The maximum Gasteiger partial charge on any atom is 1.00 e. The fourth-order valence-electron chi connectivity index (χ4n) is 3.57. The van der Waals surface area contributed by atoms with Gasteiger partial charge in [0, 0.05) is 0 Å². The van der Waals surface area contributed by atoms with Crippen LogP contribution in [0.2, 0.25) is 0 Å². The minimum Gasteiger partial charge on any atom is -1.00 e. The van der Waals surface area contributed by atoms with E-state index in [4.69, 9.17) is 9.47 Å². The average molecular weight is 517 g/mol. The van der Waals surface area contributed by atoms with Gasteiger partial charge in [0.25, 0.3) is 10.1 Å². The van der Waals surface area contributed by atoms with Crippen LogP contribution in [-0.4, -0.2) is 42.9 Å². The molecule has 0 spiro atoms. The third-order valence-corrected chi connectivity index (χ3v) is 7.42. The molecule has 0 saturated carbocycles. The summed E-state index contributed by atoms with van der Waals surface area (Å²) in [5, 5.41) is 0. The molecule has 0 bridgehead atoms. The molecule has 0 aliphatic rings. The van der Waals surface area contributed by atoms with E-state index in [9.17, 15) is 22.6 Å². The predicted octanol–water partition coefficient (Wildman–Crippen LogP) is 3.51. The van der Waals surface area contributed by atoms with E-state index < -0.39 is 33.2 Å². The maximum absolute atomic E-state index is 12.4. The summed E-state index contributed by atoms with van der Waals surface area (Å²) in [4.78, 5) is 24.5. The van der Waals surface area contributed by atoms with Crippen LogP contribution in [0.5, 0.6) is 0 Å². The van der Waals surface area contributed by atoms with E-state index in [-0.39, 0.29) is 44.2 Å². The molecule has 1 unspecified atom stereocenters. The van der Waals surface area contributed by atoms with E-state index in [1.165, 1.54) is 51.4 Å². The zero-order valence-electron chi connectivity index (χ0n) is 23.2. The van der Waals surface area contributed by atoms with Crippen molar-refractivity contribution in [3.05, 3.63) is 0 Å². The predicted molar refractivity (Wildman–Crippen MR) is 133 cm³/mol. The van der Waals surface area contributed by atoms with Gasteiger partial charge in [0.05, 0.1) is 19.6 Å². The monoisotopic (exact) mass is 516 g/mol. The first-order valence-electron chi connectivity index (χ1n) is 13.0. The molecule has 0 fully saturated rings. The molecule has 9 heteroatoms. The molecule has 0 radical (unpaired) electrons. The Morgan fingerprint density at radius 2 is 1.06 bits per heavy atom. The van der Waals surface area contributed by atoms with Crippen LogP contribution in [0.15, 0.2) is 0 Å². The number of carbonyl (C=O) groups is 2. The first kappa shape index (κ1) is 36.0. The van der Waals surface area contributed by atoms with Crippen molar-refractivity contribution in [2.45, 2.75) is 135 Å². The Bertz CT molecular complexity index is 631. The fraction of sp³-hybridized carbons (Fsp3) is 0.920. The average Bonchev–Trinajstić information content (AvgIpc) is 2.75. The minimum absolute atomic E-state index is 0. The van der Waals surface area contributed by atoms with E-state index in [0.29, 0.717) is 12.8 Å². The molecule has 34 heavy (non-hydrogen) atoms. The summed E-state index contributed by atoms with van der Waals surface area (Å²) in [5.74, 6) is -1.95. The Labute approximate surface area is 232 Å². The van der Waals surface area contributed by atoms with Crippen molar-refractivity contribution in [3.8, 4) is 0 Å². The van der Waals surface area contributed by atoms with Gasteiger partial charge in [0.1, 0.15) is 0 Å². The first-order chi connectivity index (χ1) is 15.7. The Morgan fingerprint density at radius 3 is 1.44 bits per heavy atom. The van der Waals surface area contributed by atoms with E-state index >= 15 is 0 Å². The van der Waals surface area contributed by atoms with Gasteiger partial charge < -0.3 is 10.9 Å². The zero-order chi connectivity index (χ0) is 25.0. The maximum atomic E-state index is 12.4. The minimum atomic E-state index is -4.84. The summed E-state index contributed by atoms with van der Waals surface area (Å²) >= 11 is 0. The third-order valence-electron chi connectivity index (χ3n) is 5.97. The van der Waals surface area contributed by atoms with Gasteiger partial charge in [-0.2, -0.15) is 8.42 Å². The van der Waals surface area contributed by atoms with E-state index in [2.05, 4.69) is 13.8 Å². The standard InChI is InChI=1S/C25H48O7S.Na.H/c1-4-6-8-10-12-14-16-18-20-31-23(26)22-25(3,33(28,29)30)24(27)32-21-19-17-15-13-11-9-7-5-2;;/h4-22H2,1-3H3,(H,28,29,30);;/q;+1;-1. The molecule has 0 aromatic rings. The summed E-state index contributed by atoms with van der Waals surface area (Å²) in [7, 11) is -4.84. The molecular formula is C25H49NaO7S. The topological polar surface area (TPSA) is 107 Å². The van der Waals surface area contributed by atoms with Gasteiger partial charge >= 0.3 is 41.5 Å². The molecule has 0 amide bonds. The van der Waals surface area contributed by atoms with Crippen molar-refractivity contribution in [2.75, 3.05) is 13.2 Å². The number of unbranched alkanes of at least 4 members (excludes halogenated alkanes) is 14. The summed E-state index contributed by atoms with van der Waals surface area (Å²) in [6.07, 6.45) is 16.5. The zero-order valence-corrected chi connectivity index (χ0v) is 25.1. The van der Waals surface area contributed by atoms with Gasteiger partial charge in [-0.1, -0.05) is 104 Å². The second-order valence-corrected chi connectivity index (χ2v) is 11.0. The molecule has 0 aromatic carbocycles. The van der Waals surface area contributed by atoms with Gasteiger partial charge in [-0.25, -0.2) is 0 Å². The second-order valence-electron chi connectivity index (χ2n) is 9.19. The summed E-state index contributed by atoms with van der Waals surface area (Å²) < 4.78 is 41.2. The van der Waals surface area contributed by atoms with Crippen LogP contribution in [0.4, 0.5) is 0 Å². The molecule has 198 valence electrons. The molecule has 0 saturated heterocycles. The van der Waals surface area contributed by atoms with Crippen LogP contribution in [0.1, 0.15) is 131 Å². The molecule has 7 nitrogen and oxygen atoms in total. The Kier molecular flexibility index (Phi) is 23.4. The van der Waals surface area contributed by atoms with Crippen LogP contribution in [-0.2, 0) is 29.2 Å². The van der Waals surface area contributed by atoms with Gasteiger partial charge in [-0.05, 0) is 19.8 Å². The van der Waals surface area contributed by atoms with Crippen LogP contribution >= 0.6 is 0 Å². The molecular weight excluding hydrogens is 467 g/mol. The molecule has 0 aliphatic heterocycles. The van der Waals surface area contributed by atoms with Crippen LogP contribution < -0.4 is 29.6 Å². The molecule has 0 rings (SSSR count). The number of hydrogen-bond acceptors (Lipinski definition) is 6. The number of hydrogen-bond donors (Lipinski definition) is 1. The Hall–Kier alpha value is -0.150. The number of esters is 2. The second kappa shape index (κ2) is 22.1. The number of ether oxygens (including phenoxy) is 2. The van der Waals surface area contributed by atoms with Crippen molar-refractivity contribution in [1.29, 1.82) is 0 Å². The van der Waals surface area contributed by atoms with E-state index in [1.807, 2.05) is 0 Å². The van der Waals surface area contributed by atoms with Crippen molar-refractivity contribution in [1.82, 2.24) is 0 Å². The molecule has 0 aliphatic carbocycles. The molecule has 0 aromatic heterocycles. The fourth-order valence-corrected chi connectivity index (χ4v) is 4.14. The number of rotatable bonds is 22. The van der Waals surface area contributed by atoms with Crippen LogP contribution in [0, 0.1) is 0 Å². The van der Waals surface area contributed by atoms with Crippen molar-refractivity contribution in [3.63, 3.8) is 0 Å². The molecule has 1 N–H and O–H groups in total. The quantitative estimate of drug-likeness (QED) is 0.102. The van der Waals surface area contributed by atoms with E-state index in [0.717, 1.165) is 45.4 Å². The van der Waals surface area contributed by atoms with Crippen molar-refractivity contribution >= 4 is 22.1 Å². The molecule has 0 heterocycles. The van der Waals surface area contributed by atoms with Crippen molar-refractivity contribution in [2.24, 2.45) is 0 Å². The van der Waals surface area contributed by atoms with Crippen LogP contribution in [0.25, 0.3) is 0 Å². The van der Waals surface area contributed by atoms with Gasteiger partial charge in [0.2, 0.25) is 4.75 Å².